The lowest BCUT2D eigenvalue weighted by molar-refractivity contribution is 0.587. The molecular weight excluding hydrogens is 286 g/mol. The molecule has 0 atom stereocenters. The van der Waals surface area contributed by atoms with Crippen molar-refractivity contribution in [3.63, 3.8) is 0 Å². The van der Waals surface area contributed by atoms with Crippen molar-refractivity contribution >= 4 is 23.3 Å². The van der Waals surface area contributed by atoms with Gasteiger partial charge in [0.1, 0.15) is 0 Å². The Labute approximate surface area is 127 Å². The lowest BCUT2D eigenvalue weighted by Gasteiger charge is -2.08. The van der Waals surface area contributed by atoms with Crippen molar-refractivity contribution in [2.75, 3.05) is 5.32 Å². The minimum atomic E-state index is 0.373. The van der Waals surface area contributed by atoms with Gasteiger partial charge in [0, 0.05) is 16.3 Å². The van der Waals surface area contributed by atoms with Gasteiger partial charge in [0.05, 0.1) is 0 Å². The summed E-state index contributed by atoms with van der Waals surface area (Å²) in [7, 11) is 0. The van der Waals surface area contributed by atoms with E-state index in [0.717, 1.165) is 22.4 Å². The van der Waals surface area contributed by atoms with E-state index in [9.17, 15) is 0 Å². The summed E-state index contributed by atoms with van der Waals surface area (Å²) in [6, 6.07) is 13.7. The van der Waals surface area contributed by atoms with E-state index in [1.54, 1.807) is 12.1 Å². The molecule has 0 unspecified atom stereocenters. The molecule has 1 heterocycles. The van der Waals surface area contributed by atoms with Gasteiger partial charge >= 0.3 is 6.01 Å². The zero-order valence-corrected chi connectivity index (χ0v) is 12.5. The van der Waals surface area contributed by atoms with Crippen LogP contribution in [0.25, 0.3) is 11.5 Å². The van der Waals surface area contributed by atoms with E-state index < -0.39 is 0 Å². The Kier molecular flexibility index (Phi) is 3.62. The van der Waals surface area contributed by atoms with Crippen LogP contribution in [-0.4, -0.2) is 10.2 Å². The molecule has 0 fully saturated rings. The van der Waals surface area contributed by atoms with Crippen LogP contribution >= 0.6 is 11.6 Å². The van der Waals surface area contributed by atoms with Crippen LogP contribution in [0.2, 0.25) is 5.02 Å². The van der Waals surface area contributed by atoms with Crippen molar-refractivity contribution in [3.05, 3.63) is 58.6 Å². The third-order valence-corrected chi connectivity index (χ3v) is 3.48. The van der Waals surface area contributed by atoms with Crippen LogP contribution in [0.15, 0.2) is 46.9 Å². The smallest absolute Gasteiger partial charge is 0.320 e. The highest BCUT2D eigenvalue weighted by atomic mass is 35.5. The van der Waals surface area contributed by atoms with Crippen molar-refractivity contribution in [1.82, 2.24) is 10.2 Å². The van der Waals surface area contributed by atoms with Crippen molar-refractivity contribution < 1.29 is 4.42 Å². The summed E-state index contributed by atoms with van der Waals surface area (Å²) in [6.07, 6.45) is 0. The maximum absolute atomic E-state index is 5.87. The van der Waals surface area contributed by atoms with Crippen LogP contribution in [-0.2, 0) is 0 Å². The van der Waals surface area contributed by atoms with Gasteiger partial charge in [0.25, 0.3) is 0 Å². The lowest BCUT2D eigenvalue weighted by atomic mass is 10.1. The van der Waals surface area contributed by atoms with Crippen molar-refractivity contribution in [2.24, 2.45) is 0 Å². The Morgan fingerprint density at radius 1 is 0.952 bits per heavy atom. The number of aryl methyl sites for hydroxylation is 2. The average Bonchev–Trinajstić information content (AvgIpc) is 2.92. The molecule has 106 valence electrons. The summed E-state index contributed by atoms with van der Waals surface area (Å²) >= 11 is 5.87. The molecule has 1 aromatic heterocycles. The molecule has 2 aromatic carbocycles. The summed E-state index contributed by atoms with van der Waals surface area (Å²) < 4.78 is 5.65. The van der Waals surface area contributed by atoms with Crippen LogP contribution in [0.5, 0.6) is 0 Å². The van der Waals surface area contributed by atoms with Gasteiger partial charge in [-0.3, -0.25) is 0 Å². The van der Waals surface area contributed by atoms with Crippen molar-refractivity contribution in [2.45, 2.75) is 13.8 Å². The maximum atomic E-state index is 5.87. The molecule has 0 saturated carbocycles. The summed E-state index contributed by atoms with van der Waals surface area (Å²) in [5.74, 6) is 0.459. The molecular formula is C16H14ClN3O. The SMILES string of the molecule is Cc1cccc(C)c1Nc1nnc(-c2ccc(Cl)cc2)o1. The third-order valence-electron chi connectivity index (χ3n) is 3.23. The lowest BCUT2D eigenvalue weighted by Crippen LogP contribution is -1.95. The number of benzene rings is 2. The standard InChI is InChI=1S/C16H14ClN3O/c1-10-4-3-5-11(2)14(10)18-16-20-19-15(21-16)12-6-8-13(17)9-7-12/h3-9H,1-2H3,(H,18,20). The van der Waals surface area contributed by atoms with E-state index in [1.165, 1.54) is 0 Å². The fourth-order valence-electron chi connectivity index (χ4n) is 2.10. The zero-order chi connectivity index (χ0) is 14.8. The molecule has 0 bridgehead atoms. The number of halogens is 1. The second-order valence-electron chi connectivity index (χ2n) is 4.81. The zero-order valence-electron chi connectivity index (χ0n) is 11.7. The molecule has 3 aromatic rings. The van der Waals surface area contributed by atoms with Crippen molar-refractivity contribution in [3.8, 4) is 11.5 Å². The Bertz CT molecular complexity index is 745. The fourth-order valence-corrected chi connectivity index (χ4v) is 2.23. The third kappa shape index (κ3) is 2.90. The topological polar surface area (TPSA) is 51.0 Å². The van der Waals surface area contributed by atoms with Gasteiger partial charge in [0.15, 0.2) is 0 Å². The van der Waals surface area contributed by atoms with E-state index >= 15 is 0 Å². The summed E-state index contributed by atoms with van der Waals surface area (Å²) in [4.78, 5) is 0. The molecule has 0 amide bonds. The molecule has 0 aliphatic heterocycles. The number of nitrogens with zero attached hydrogens (tertiary/aromatic N) is 2. The molecule has 0 spiro atoms. The molecule has 0 saturated heterocycles. The van der Waals surface area contributed by atoms with E-state index in [2.05, 4.69) is 15.5 Å². The van der Waals surface area contributed by atoms with E-state index in [4.69, 9.17) is 16.0 Å². The van der Waals surface area contributed by atoms with Crippen LogP contribution in [0, 0.1) is 13.8 Å². The quantitative estimate of drug-likeness (QED) is 0.758. The molecule has 3 rings (SSSR count). The van der Waals surface area contributed by atoms with Gasteiger partial charge in [0.2, 0.25) is 5.89 Å². The van der Waals surface area contributed by atoms with Crippen LogP contribution in [0.3, 0.4) is 0 Å². The number of aromatic nitrogens is 2. The summed E-state index contributed by atoms with van der Waals surface area (Å²) in [5.41, 5.74) is 4.08. The number of nitrogens with one attached hydrogen (secondary N) is 1. The van der Waals surface area contributed by atoms with E-state index in [-0.39, 0.29) is 0 Å². The molecule has 5 heteroatoms. The molecule has 0 radical (unpaired) electrons. The highest BCUT2D eigenvalue weighted by Gasteiger charge is 2.10. The predicted octanol–water partition coefficient (Wildman–Crippen LogP) is 4.75. The Morgan fingerprint density at radius 3 is 2.29 bits per heavy atom. The molecule has 1 N–H and O–H groups in total. The Hall–Kier alpha value is -2.33. The number of rotatable bonds is 3. The van der Waals surface area contributed by atoms with Crippen LogP contribution in [0.4, 0.5) is 11.7 Å². The van der Waals surface area contributed by atoms with Gasteiger partial charge in [-0.05, 0) is 49.2 Å². The monoisotopic (exact) mass is 299 g/mol. The highest BCUT2D eigenvalue weighted by Crippen LogP contribution is 2.26. The minimum absolute atomic E-state index is 0.373. The number of hydrogen-bond donors (Lipinski definition) is 1. The predicted molar refractivity (Wildman–Crippen MR) is 83.9 cm³/mol. The minimum Gasteiger partial charge on any atom is -0.403 e. The molecule has 21 heavy (non-hydrogen) atoms. The van der Waals surface area contributed by atoms with Gasteiger partial charge in [-0.1, -0.05) is 34.9 Å². The molecule has 4 nitrogen and oxygen atoms in total. The van der Waals surface area contributed by atoms with Gasteiger partial charge in [-0.15, -0.1) is 5.10 Å². The molecule has 0 aliphatic carbocycles. The first kappa shape index (κ1) is 13.6. The Morgan fingerprint density at radius 2 is 1.62 bits per heavy atom. The second-order valence-corrected chi connectivity index (χ2v) is 5.25. The first-order chi connectivity index (χ1) is 10.1. The van der Waals surface area contributed by atoms with Gasteiger partial charge in [-0.2, -0.15) is 0 Å². The average molecular weight is 300 g/mol. The van der Waals surface area contributed by atoms with Crippen LogP contribution in [0.1, 0.15) is 11.1 Å². The molecule has 0 aliphatic rings. The van der Waals surface area contributed by atoms with E-state index in [1.807, 2.05) is 44.2 Å². The first-order valence-corrected chi connectivity index (χ1v) is 6.94. The van der Waals surface area contributed by atoms with Crippen LogP contribution < -0.4 is 5.32 Å². The first-order valence-electron chi connectivity index (χ1n) is 6.56. The fraction of sp³-hybridized carbons (Fsp3) is 0.125. The summed E-state index contributed by atoms with van der Waals surface area (Å²) in [6.45, 7) is 4.07. The highest BCUT2D eigenvalue weighted by molar-refractivity contribution is 6.30. The Balaban J connectivity index is 1.87. The maximum Gasteiger partial charge on any atom is 0.320 e. The number of hydrogen-bond acceptors (Lipinski definition) is 4. The largest absolute Gasteiger partial charge is 0.403 e. The normalized spacial score (nSPS) is 10.6. The van der Waals surface area contributed by atoms with E-state index in [0.29, 0.717) is 16.9 Å². The van der Waals surface area contributed by atoms with Gasteiger partial charge < -0.3 is 9.73 Å². The second kappa shape index (κ2) is 5.58. The number of para-hydroxylation sites is 1. The van der Waals surface area contributed by atoms with Crippen molar-refractivity contribution in [1.29, 1.82) is 0 Å². The number of anilines is 2. The van der Waals surface area contributed by atoms with Gasteiger partial charge in [-0.25, -0.2) is 0 Å². The summed E-state index contributed by atoms with van der Waals surface area (Å²) in [5, 5.41) is 11.9.